The fraction of sp³-hybridized carbons (Fsp3) is 0.417. The Bertz CT molecular complexity index is 295. The van der Waals surface area contributed by atoms with Gasteiger partial charge in [0.15, 0.2) is 6.10 Å². The van der Waals surface area contributed by atoms with Crippen LogP contribution in [0.5, 0.6) is 5.75 Å². The summed E-state index contributed by atoms with van der Waals surface area (Å²) < 4.78 is 10.2. The maximum Gasteiger partial charge on any atom is 0.347 e. The van der Waals surface area contributed by atoms with Crippen molar-refractivity contribution in [2.24, 2.45) is 0 Å². The molecule has 1 unspecified atom stereocenters. The first-order valence-corrected chi connectivity index (χ1v) is 5.07. The summed E-state index contributed by atoms with van der Waals surface area (Å²) in [4.78, 5) is 11.4. The van der Waals surface area contributed by atoms with Gasteiger partial charge in [0.25, 0.3) is 0 Å². The van der Waals surface area contributed by atoms with Gasteiger partial charge in [-0.15, -0.1) is 0 Å². The maximum absolute atomic E-state index is 11.4. The molecule has 0 heterocycles. The normalized spacial score (nSPS) is 11.9. The molecule has 82 valence electrons. The third kappa shape index (κ3) is 3.62. The number of hydrogen-bond acceptors (Lipinski definition) is 3. The van der Waals surface area contributed by atoms with Crippen molar-refractivity contribution in [2.45, 2.75) is 25.9 Å². The van der Waals surface area contributed by atoms with E-state index >= 15 is 0 Å². The summed E-state index contributed by atoms with van der Waals surface area (Å²) in [5.74, 6) is 0.377. The molecule has 0 spiro atoms. The van der Waals surface area contributed by atoms with E-state index in [1.165, 1.54) is 7.11 Å². The molecule has 0 amide bonds. The lowest BCUT2D eigenvalue weighted by Crippen LogP contribution is -2.28. The van der Waals surface area contributed by atoms with E-state index in [2.05, 4.69) is 4.74 Å². The van der Waals surface area contributed by atoms with Gasteiger partial charge in [-0.05, 0) is 18.6 Å². The van der Waals surface area contributed by atoms with Crippen LogP contribution >= 0.6 is 0 Å². The zero-order chi connectivity index (χ0) is 11.1. The summed E-state index contributed by atoms with van der Waals surface area (Å²) in [6.45, 7) is 2.00. The van der Waals surface area contributed by atoms with Crippen molar-refractivity contribution < 1.29 is 14.3 Å². The molecule has 15 heavy (non-hydrogen) atoms. The Balaban J connectivity index is 2.62. The van der Waals surface area contributed by atoms with Gasteiger partial charge >= 0.3 is 5.97 Å². The zero-order valence-electron chi connectivity index (χ0n) is 9.10. The molecule has 1 rings (SSSR count). The van der Waals surface area contributed by atoms with E-state index in [1.54, 1.807) is 0 Å². The molecule has 1 atom stereocenters. The lowest BCUT2D eigenvalue weighted by Gasteiger charge is -2.15. The molecule has 0 aromatic heterocycles. The quantitative estimate of drug-likeness (QED) is 0.697. The molecule has 3 nitrogen and oxygen atoms in total. The van der Waals surface area contributed by atoms with Crippen molar-refractivity contribution in [2.75, 3.05) is 7.11 Å². The first kappa shape index (κ1) is 11.6. The van der Waals surface area contributed by atoms with Gasteiger partial charge in [0.1, 0.15) is 5.75 Å². The van der Waals surface area contributed by atoms with Crippen LogP contribution in [-0.4, -0.2) is 19.2 Å². The molecule has 0 aliphatic rings. The van der Waals surface area contributed by atoms with Crippen molar-refractivity contribution in [3.63, 3.8) is 0 Å². The van der Waals surface area contributed by atoms with E-state index in [4.69, 9.17) is 4.74 Å². The molecule has 0 saturated carbocycles. The second-order valence-electron chi connectivity index (χ2n) is 3.23. The number of hydrogen-bond donors (Lipinski definition) is 0. The highest BCUT2D eigenvalue weighted by Crippen LogP contribution is 2.14. The monoisotopic (exact) mass is 208 g/mol. The summed E-state index contributed by atoms with van der Waals surface area (Å²) in [5, 5.41) is 0. The average Bonchev–Trinajstić information content (AvgIpc) is 2.29. The van der Waals surface area contributed by atoms with Crippen LogP contribution in [0.2, 0.25) is 0 Å². The Hall–Kier alpha value is -1.51. The van der Waals surface area contributed by atoms with E-state index in [0.29, 0.717) is 12.2 Å². The minimum atomic E-state index is -0.498. The van der Waals surface area contributed by atoms with Crippen LogP contribution in [-0.2, 0) is 9.53 Å². The van der Waals surface area contributed by atoms with Gasteiger partial charge in [-0.3, -0.25) is 0 Å². The lowest BCUT2D eigenvalue weighted by atomic mass is 10.2. The van der Waals surface area contributed by atoms with E-state index in [9.17, 15) is 4.79 Å². The minimum absolute atomic E-state index is 0.319. The summed E-state index contributed by atoms with van der Waals surface area (Å²) in [7, 11) is 1.37. The first-order valence-electron chi connectivity index (χ1n) is 5.07. The van der Waals surface area contributed by atoms with Gasteiger partial charge in [-0.25, -0.2) is 4.79 Å². The fourth-order valence-corrected chi connectivity index (χ4v) is 1.28. The summed E-state index contributed by atoms with van der Waals surface area (Å²) in [5.41, 5.74) is 0. The van der Waals surface area contributed by atoms with Crippen LogP contribution in [0.1, 0.15) is 19.8 Å². The number of rotatable bonds is 5. The second-order valence-corrected chi connectivity index (χ2v) is 3.23. The second kappa shape index (κ2) is 6.06. The van der Waals surface area contributed by atoms with Crippen LogP contribution in [0.3, 0.4) is 0 Å². The van der Waals surface area contributed by atoms with Gasteiger partial charge in [0.2, 0.25) is 0 Å². The van der Waals surface area contributed by atoms with Crippen molar-refractivity contribution in [1.82, 2.24) is 0 Å². The average molecular weight is 208 g/mol. The predicted octanol–water partition coefficient (Wildman–Crippen LogP) is 2.41. The number of carbonyl (C=O) groups excluding carboxylic acids is 1. The zero-order valence-corrected chi connectivity index (χ0v) is 9.10. The van der Waals surface area contributed by atoms with Gasteiger partial charge in [-0.1, -0.05) is 31.5 Å². The summed E-state index contributed by atoms with van der Waals surface area (Å²) in [6.07, 6.45) is 1.05. The Morgan fingerprint density at radius 1 is 1.33 bits per heavy atom. The number of ether oxygens (including phenoxy) is 2. The van der Waals surface area contributed by atoms with Crippen LogP contribution in [0.4, 0.5) is 0 Å². The van der Waals surface area contributed by atoms with E-state index in [0.717, 1.165) is 6.42 Å². The Morgan fingerprint density at radius 3 is 2.53 bits per heavy atom. The smallest absolute Gasteiger partial charge is 0.347 e. The van der Waals surface area contributed by atoms with E-state index < -0.39 is 6.10 Å². The van der Waals surface area contributed by atoms with Crippen molar-refractivity contribution >= 4 is 5.97 Å². The molecular formula is C12H16O3. The maximum atomic E-state index is 11.4. The number of carbonyl (C=O) groups is 1. The molecule has 1 aromatic rings. The molecular weight excluding hydrogens is 192 g/mol. The molecule has 0 N–H and O–H groups in total. The number of para-hydroxylation sites is 1. The molecule has 0 bridgehead atoms. The van der Waals surface area contributed by atoms with Crippen LogP contribution in [0, 0.1) is 0 Å². The van der Waals surface area contributed by atoms with E-state index in [-0.39, 0.29) is 5.97 Å². The van der Waals surface area contributed by atoms with Gasteiger partial charge in [0, 0.05) is 0 Å². The molecule has 3 heteroatoms. The number of methoxy groups -OCH3 is 1. The number of esters is 1. The van der Waals surface area contributed by atoms with Crippen LogP contribution in [0.15, 0.2) is 30.3 Å². The van der Waals surface area contributed by atoms with Crippen LogP contribution < -0.4 is 4.74 Å². The summed E-state index contributed by atoms with van der Waals surface area (Å²) in [6, 6.07) is 9.29. The SMILES string of the molecule is CCCC(Oc1ccccc1)C(=O)OC. The van der Waals surface area contributed by atoms with Gasteiger partial charge < -0.3 is 9.47 Å². The Morgan fingerprint density at radius 2 is 2.00 bits per heavy atom. The predicted molar refractivity (Wildman–Crippen MR) is 57.8 cm³/mol. The highest BCUT2D eigenvalue weighted by molar-refractivity contribution is 5.74. The number of benzene rings is 1. The molecule has 0 aliphatic carbocycles. The molecule has 0 fully saturated rings. The highest BCUT2D eigenvalue weighted by Gasteiger charge is 2.19. The largest absolute Gasteiger partial charge is 0.479 e. The lowest BCUT2D eigenvalue weighted by molar-refractivity contribution is -0.149. The fourth-order valence-electron chi connectivity index (χ4n) is 1.28. The third-order valence-electron chi connectivity index (χ3n) is 2.04. The topological polar surface area (TPSA) is 35.5 Å². The standard InChI is InChI=1S/C12H16O3/c1-3-7-11(12(13)14-2)15-10-8-5-4-6-9-10/h4-6,8-9,11H,3,7H2,1-2H3. The van der Waals surface area contributed by atoms with Crippen LogP contribution in [0.25, 0.3) is 0 Å². The van der Waals surface area contributed by atoms with Crippen molar-refractivity contribution in [3.8, 4) is 5.75 Å². The Labute approximate surface area is 90.0 Å². The molecule has 0 aliphatic heterocycles. The van der Waals surface area contributed by atoms with E-state index in [1.807, 2.05) is 37.3 Å². The molecule has 0 radical (unpaired) electrons. The molecule has 0 saturated heterocycles. The van der Waals surface area contributed by atoms with Crippen molar-refractivity contribution in [1.29, 1.82) is 0 Å². The minimum Gasteiger partial charge on any atom is -0.479 e. The van der Waals surface area contributed by atoms with Crippen molar-refractivity contribution in [3.05, 3.63) is 30.3 Å². The van der Waals surface area contributed by atoms with Gasteiger partial charge in [-0.2, -0.15) is 0 Å². The van der Waals surface area contributed by atoms with Gasteiger partial charge in [0.05, 0.1) is 7.11 Å². The highest BCUT2D eigenvalue weighted by atomic mass is 16.6. The Kier molecular flexibility index (Phi) is 4.68. The summed E-state index contributed by atoms with van der Waals surface area (Å²) >= 11 is 0. The first-order chi connectivity index (χ1) is 7.27. The third-order valence-corrected chi connectivity index (χ3v) is 2.04. The molecule has 1 aromatic carbocycles.